The predicted octanol–water partition coefficient (Wildman–Crippen LogP) is 19.4. The average Bonchev–Trinajstić information content (AvgIpc) is 3.93. The molecule has 3 heterocycles. The summed E-state index contributed by atoms with van der Waals surface area (Å²) in [5, 5.41) is 2.39. The molecular weight excluding hydrogens is 901 g/mol. The van der Waals surface area contributed by atoms with E-state index in [1.165, 1.54) is 66.7 Å². The third kappa shape index (κ3) is 9.29. The van der Waals surface area contributed by atoms with Crippen LogP contribution in [0, 0.1) is 0 Å². The molecule has 1 aliphatic heterocycles. The maximum Gasteiger partial charge on any atom is 0.137 e. The quantitative estimate of drug-likeness (QED) is 0.137. The second kappa shape index (κ2) is 18.7. The van der Waals surface area contributed by atoms with E-state index >= 15 is 0 Å². The van der Waals surface area contributed by atoms with Gasteiger partial charge in [-0.25, -0.2) is 4.98 Å². The Morgan fingerprint density at radius 3 is 1.62 bits per heavy atom. The van der Waals surface area contributed by atoms with E-state index in [9.17, 15) is 0 Å². The second-order valence-corrected chi connectivity index (χ2v) is 25.1. The summed E-state index contributed by atoms with van der Waals surface area (Å²) < 4.78 is 9.87. The summed E-state index contributed by atoms with van der Waals surface area (Å²) in [5.41, 5.74) is 17.7. The van der Waals surface area contributed by atoms with E-state index in [2.05, 4.69) is 276 Å². The van der Waals surface area contributed by atoms with Crippen molar-refractivity contribution in [3.8, 4) is 28.4 Å². The number of para-hydroxylation sites is 3. The highest BCUT2D eigenvalue weighted by Crippen LogP contribution is 2.50. The van der Waals surface area contributed by atoms with Gasteiger partial charge in [0.1, 0.15) is 24.0 Å². The highest BCUT2D eigenvalue weighted by atomic mass is 16.5. The SMILES string of the molecule is CC(C)c1cccc(C(C)C)c1-c1cc(Oc2cc(C(C)(C)c3ccccc3)c3c4ccccc4n(-c4cc(C(C)(C)C)ccn4)c3c2)cc(N2CN(c3cc(C(C)(C)C)cc(C(C)(C)C)c3)c3ccccc32)c1. The molecular formula is C69H76N4O. The van der Waals surface area contributed by atoms with Crippen molar-refractivity contribution in [2.75, 3.05) is 16.5 Å². The highest BCUT2D eigenvalue weighted by Gasteiger charge is 2.33. The Morgan fingerprint density at radius 2 is 1.03 bits per heavy atom. The maximum absolute atomic E-state index is 7.52. The van der Waals surface area contributed by atoms with Gasteiger partial charge in [-0.2, -0.15) is 0 Å². The third-order valence-corrected chi connectivity index (χ3v) is 15.6. The molecule has 0 unspecified atom stereocenters. The molecule has 0 atom stereocenters. The number of hydrogen-bond acceptors (Lipinski definition) is 4. The molecule has 0 aliphatic carbocycles. The van der Waals surface area contributed by atoms with Crippen molar-refractivity contribution < 1.29 is 4.74 Å². The van der Waals surface area contributed by atoms with Crippen molar-refractivity contribution in [2.45, 2.75) is 137 Å². The zero-order valence-electron chi connectivity index (χ0n) is 46.6. The lowest BCUT2D eigenvalue weighted by Gasteiger charge is -2.29. The summed E-state index contributed by atoms with van der Waals surface area (Å²) in [6, 6.07) is 58.6. The number of fused-ring (bicyclic) bond motifs is 4. The molecule has 0 fully saturated rings. The van der Waals surface area contributed by atoms with E-state index in [0.29, 0.717) is 18.5 Å². The zero-order valence-corrected chi connectivity index (χ0v) is 46.6. The van der Waals surface area contributed by atoms with Crippen molar-refractivity contribution in [1.82, 2.24) is 9.55 Å². The van der Waals surface area contributed by atoms with E-state index in [-0.39, 0.29) is 16.2 Å². The van der Waals surface area contributed by atoms with Crippen LogP contribution in [0.5, 0.6) is 11.5 Å². The van der Waals surface area contributed by atoms with Gasteiger partial charge in [0.05, 0.1) is 22.4 Å². The number of nitrogens with zero attached hydrogens (tertiary/aromatic N) is 4. The molecule has 0 radical (unpaired) electrons. The largest absolute Gasteiger partial charge is 0.457 e. The molecule has 9 aromatic rings. The first-order valence-electron chi connectivity index (χ1n) is 26.9. The summed E-state index contributed by atoms with van der Waals surface area (Å²) in [7, 11) is 0. The third-order valence-electron chi connectivity index (χ3n) is 15.6. The molecule has 0 saturated heterocycles. The van der Waals surface area contributed by atoms with Crippen LogP contribution in [0.2, 0.25) is 0 Å². The van der Waals surface area contributed by atoms with Gasteiger partial charge in [0.2, 0.25) is 0 Å². The van der Waals surface area contributed by atoms with Crippen LogP contribution in [0.4, 0.5) is 22.7 Å². The Labute approximate surface area is 441 Å². The number of aromatic nitrogens is 2. The van der Waals surface area contributed by atoms with E-state index < -0.39 is 5.41 Å². The van der Waals surface area contributed by atoms with Gasteiger partial charge in [-0.15, -0.1) is 0 Å². The second-order valence-electron chi connectivity index (χ2n) is 25.1. The molecule has 10 rings (SSSR count). The molecule has 0 N–H and O–H groups in total. The van der Waals surface area contributed by atoms with Crippen LogP contribution < -0.4 is 14.5 Å². The number of rotatable bonds is 10. The monoisotopic (exact) mass is 977 g/mol. The number of benzene rings is 7. The van der Waals surface area contributed by atoms with Crippen LogP contribution in [0.1, 0.15) is 155 Å². The molecule has 378 valence electrons. The molecule has 7 aromatic carbocycles. The number of ether oxygens (including phenoxy) is 1. The number of hydrogen-bond donors (Lipinski definition) is 0. The summed E-state index contributed by atoms with van der Waals surface area (Å²) >= 11 is 0. The van der Waals surface area contributed by atoms with Crippen LogP contribution in [-0.2, 0) is 21.7 Å². The van der Waals surface area contributed by atoms with Gasteiger partial charge in [-0.05, 0) is 139 Å². The van der Waals surface area contributed by atoms with E-state index in [1.807, 2.05) is 6.20 Å². The van der Waals surface area contributed by atoms with Gasteiger partial charge in [0.25, 0.3) is 0 Å². The normalized spacial score (nSPS) is 13.5. The molecule has 74 heavy (non-hydrogen) atoms. The van der Waals surface area contributed by atoms with Gasteiger partial charge in [0.15, 0.2) is 0 Å². The van der Waals surface area contributed by atoms with Crippen LogP contribution in [0.25, 0.3) is 38.8 Å². The van der Waals surface area contributed by atoms with Gasteiger partial charge < -0.3 is 14.5 Å². The number of anilines is 4. The molecule has 5 nitrogen and oxygen atoms in total. The molecule has 0 spiro atoms. The summed E-state index contributed by atoms with van der Waals surface area (Å²) in [4.78, 5) is 10.1. The summed E-state index contributed by atoms with van der Waals surface area (Å²) in [5.74, 6) is 3.06. The van der Waals surface area contributed by atoms with E-state index in [4.69, 9.17) is 9.72 Å². The average molecular weight is 977 g/mol. The van der Waals surface area contributed by atoms with Gasteiger partial charge in [0, 0.05) is 45.9 Å². The smallest absolute Gasteiger partial charge is 0.137 e. The van der Waals surface area contributed by atoms with Gasteiger partial charge >= 0.3 is 0 Å². The van der Waals surface area contributed by atoms with E-state index in [1.54, 1.807) is 0 Å². The topological polar surface area (TPSA) is 33.5 Å². The first kappa shape index (κ1) is 50.4. The lowest BCUT2D eigenvalue weighted by Crippen LogP contribution is -2.25. The minimum absolute atomic E-state index is 0.0199. The Balaban J connectivity index is 1.21. The van der Waals surface area contributed by atoms with Crippen molar-refractivity contribution in [3.05, 3.63) is 203 Å². The minimum atomic E-state index is -0.399. The van der Waals surface area contributed by atoms with E-state index in [0.717, 1.165) is 45.3 Å². The van der Waals surface area contributed by atoms with Gasteiger partial charge in [-0.3, -0.25) is 4.57 Å². The highest BCUT2D eigenvalue weighted by molar-refractivity contribution is 6.12. The fourth-order valence-corrected chi connectivity index (χ4v) is 11.1. The lowest BCUT2D eigenvalue weighted by molar-refractivity contribution is 0.481. The van der Waals surface area contributed by atoms with Crippen LogP contribution >= 0.6 is 0 Å². The minimum Gasteiger partial charge on any atom is -0.457 e. The fraction of sp³-hybridized carbons (Fsp3) is 0.319. The Bertz CT molecular complexity index is 3500. The molecule has 0 saturated carbocycles. The fourth-order valence-electron chi connectivity index (χ4n) is 11.1. The lowest BCUT2D eigenvalue weighted by atomic mass is 9.76. The molecule has 1 aliphatic rings. The van der Waals surface area contributed by atoms with Crippen molar-refractivity contribution >= 4 is 44.6 Å². The zero-order chi connectivity index (χ0) is 52.6. The maximum atomic E-state index is 7.52. The summed E-state index contributed by atoms with van der Waals surface area (Å²) in [6.45, 7) is 35.3. The molecule has 0 amide bonds. The van der Waals surface area contributed by atoms with Crippen molar-refractivity contribution in [2.24, 2.45) is 0 Å². The Kier molecular flexibility index (Phi) is 12.7. The Hall–Kier alpha value is -7.11. The van der Waals surface area contributed by atoms with Gasteiger partial charge in [-0.1, -0.05) is 189 Å². The molecule has 5 heteroatoms. The Morgan fingerprint density at radius 1 is 0.473 bits per heavy atom. The molecule has 0 bridgehead atoms. The van der Waals surface area contributed by atoms with Crippen LogP contribution in [0.3, 0.4) is 0 Å². The van der Waals surface area contributed by atoms with Crippen molar-refractivity contribution in [1.29, 1.82) is 0 Å². The summed E-state index contributed by atoms with van der Waals surface area (Å²) in [6.07, 6.45) is 1.96. The standard InChI is InChI=1S/C69H76N4O/c1-44(2)55-27-23-28-56(45(3)4)64(55)46-34-51(71-43-72(61-31-22-21-30-60(61)71)52-37-49(67(8,9)10)36-50(38-52)68(11,12)13)40-53(35-46)74-54-41-58(69(14,15)47-24-17-16-18-25-47)65-57-26-19-20-29-59(57)73(62(65)42-54)63-39-48(32-33-70-63)66(5,6)7/h16-42,44-45H,43H2,1-15H3. The van der Waals surface area contributed by atoms with Crippen molar-refractivity contribution in [3.63, 3.8) is 0 Å². The number of pyridine rings is 1. The van der Waals surface area contributed by atoms with Crippen LogP contribution in [0.15, 0.2) is 164 Å². The first-order chi connectivity index (χ1) is 35.0. The predicted molar refractivity (Wildman–Crippen MR) is 315 cm³/mol. The van der Waals surface area contributed by atoms with Crippen LogP contribution in [-0.4, -0.2) is 16.2 Å². The molecule has 2 aromatic heterocycles. The first-order valence-corrected chi connectivity index (χ1v) is 26.9.